The number of hydrogen-bond donors (Lipinski definition) is 1. The molecule has 0 spiro atoms. The molecule has 2 aromatic rings. The van der Waals surface area contributed by atoms with Crippen LogP contribution in [0, 0.1) is 34.6 Å². The molecule has 0 bridgehead atoms. The van der Waals surface area contributed by atoms with Gasteiger partial charge >= 0.3 is 0 Å². The first-order valence-corrected chi connectivity index (χ1v) is 12.6. The molecule has 0 aliphatic carbocycles. The Hall–Kier alpha value is -1.63. The molecule has 1 aliphatic heterocycles. The van der Waals surface area contributed by atoms with Crippen LogP contribution in [0.25, 0.3) is 0 Å². The van der Waals surface area contributed by atoms with E-state index in [9.17, 15) is 8.42 Å². The molecule has 0 radical (unpaired) electrons. The van der Waals surface area contributed by atoms with Gasteiger partial charge in [0, 0.05) is 25.5 Å². The summed E-state index contributed by atoms with van der Waals surface area (Å²) in [6, 6.07) is 4.18. The number of likely N-dealkylation sites (tertiary alicyclic amines) is 1. The summed E-state index contributed by atoms with van der Waals surface area (Å²) in [6.07, 6.45) is 6.88. The number of aryl methyl sites for hydroxylation is 1. The van der Waals surface area contributed by atoms with Crippen LogP contribution in [0.4, 0.5) is 0 Å². The highest BCUT2D eigenvalue weighted by Crippen LogP contribution is 2.30. The van der Waals surface area contributed by atoms with Crippen molar-refractivity contribution < 1.29 is 8.42 Å². The van der Waals surface area contributed by atoms with E-state index in [4.69, 9.17) is 0 Å². The van der Waals surface area contributed by atoms with Gasteiger partial charge in [-0.3, -0.25) is 4.90 Å². The van der Waals surface area contributed by atoms with E-state index < -0.39 is 10.0 Å². The highest BCUT2D eigenvalue weighted by Gasteiger charge is 2.28. The largest absolute Gasteiger partial charge is 0.353 e. The number of rotatable bonds is 6. The average Bonchev–Trinajstić information content (AvgIpc) is 2.95. The molecule has 3 rings (SSSR count). The van der Waals surface area contributed by atoms with Gasteiger partial charge in [-0.1, -0.05) is 12.8 Å². The number of nitrogens with one attached hydrogen (secondary N) is 1. The van der Waals surface area contributed by atoms with Gasteiger partial charge in [0.05, 0.1) is 10.9 Å². The van der Waals surface area contributed by atoms with Crippen LogP contribution in [0.15, 0.2) is 23.2 Å². The third-order valence-corrected chi connectivity index (χ3v) is 8.77. The van der Waals surface area contributed by atoms with Crippen molar-refractivity contribution in [2.75, 3.05) is 19.6 Å². The molecule has 6 heteroatoms. The molecule has 1 N–H and O–H groups in total. The molecule has 30 heavy (non-hydrogen) atoms. The minimum Gasteiger partial charge on any atom is -0.353 e. The molecule has 1 fully saturated rings. The molecule has 1 atom stereocenters. The Morgan fingerprint density at radius 1 is 0.900 bits per heavy atom. The van der Waals surface area contributed by atoms with Crippen molar-refractivity contribution in [3.05, 3.63) is 51.8 Å². The van der Waals surface area contributed by atoms with Gasteiger partial charge in [-0.2, -0.15) is 0 Å². The Morgan fingerprint density at radius 2 is 1.43 bits per heavy atom. The van der Waals surface area contributed by atoms with Gasteiger partial charge < -0.3 is 4.57 Å². The maximum Gasteiger partial charge on any atom is 0.241 e. The number of aromatic nitrogens is 1. The van der Waals surface area contributed by atoms with Crippen LogP contribution < -0.4 is 4.72 Å². The van der Waals surface area contributed by atoms with E-state index in [1.807, 2.05) is 47.0 Å². The smallest absolute Gasteiger partial charge is 0.241 e. The van der Waals surface area contributed by atoms with Crippen molar-refractivity contribution in [1.82, 2.24) is 14.2 Å². The van der Waals surface area contributed by atoms with E-state index in [1.165, 1.54) is 31.2 Å². The molecule has 5 nitrogen and oxygen atoms in total. The van der Waals surface area contributed by atoms with Crippen molar-refractivity contribution in [2.45, 2.75) is 71.2 Å². The lowest BCUT2D eigenvalue weighted by Crippen LogP contribution is -2.39. The van der Waals surface area contributed by atoms with Gasteiger partial charge in [0.15, 0.2) is 0 Å². The number of nitrogens with zero attached hydrogens (tertiary/aromatic N) is 2. The summed E-state index contributed by atoms with van der Waals surface area (Å²) in [7, 11) is -1.58. The highest BCUT2D eigenvalue weighted by atomic mass is 32.2. The molecule has 1 aromatic heterocycles. The highest BCUT2D eigenvalue weighted by molar-refractivity contribution is 7.89. The third kappa shape index (κ3) is 4.51. The zero-order chi connectivity index (χ0) is 22.1. The monoisotopic (exact) mass is 431 g/mol. The van der Waals surface area contributed by atoms with Crippen molar-refractivity contribution >= 4 is 10.0 Å². The third-order valence-electron chi connectivity index (χ3n) is 7.07. The van der Waals surface area contributed by atoms with E-state index in [-0.39, 0.29) is 6.04 Å². The van der Waals surface area contributed by atoms with Crippen LogP contribution in [0.1, 0.15) is 65.2 Å². The number of benzene rings is 1. The predicted molar refractivity (Wildman–Crippen MR) is 124 cm³/mol. The van der Waals surface area contributed by atoms with Gasteiger partial charge in [-0.25, -0.2) is 13.1 Å². The molecule has 1 saturated heterocycles. The summed E-state index contributed by atoms with van der Waals surface area (Å²) in [6.45, 7) is 12.3. The zero-order valence-electron chi connectivity index (χ0n) is 19.4. The van der Waals surface area contributed by atoms with Gasteiger partial charge in [-0.15, -0.1) is 0 Å². The van der Waals surface area contributed by atoms with Crippen LogP contribution in [-0.2, 0) is 17.1 Å². The van der Waals surface area contributed by atoms with E-state index in [0.717, 1.165) is 41.0 Å². The van der Waals surface area contributed by atoms with Gasteiger partial charge in [-0.05, 0) is 100 Å². The lowest BCUT2D eigenvalue weighted by atomic mass is 9.95. The first kappa shape index (κ1) is 23.0. The summed E-state index contributed by atoms with van der Waals surface area (Å²) in [5.41, 5.74) is 6.16. The first-order chi connectivity index (χ1) is 14.1. The van der Waals surface area contributed by atoms with Crippen LogP contribution in [0.5, 0.6) is 0 Å². The maximum absolute atomic E-state index is 13.5. The van der Waals surface area contributed by atoms with Gasteiger partial charge in [0.25, 0.3) is 0 Å². The standard InChI is InChI=1S/C24H37N3O2S/c1-17-18(2)20(4)24(21(5)19(17)3)30(28,29)25-16-23(22-12-11-13-26(22)6)27-14-9-7-8-10-15-27/h11-13,23,25H,7-10,14-16H2,1-6H3. The first-order valence-electron chi connectivity index (χ1n) is 11.1. The van der Waals surface area contributed by atoms with Crippen LogP contribution in [0.2, 0.25) is 0 Å². The van der Waals surface area contributed by atoms with Gasteiger partial charge in [0.2, 0.25) is 10.0 Å². The van der Waals surface area contributed by atoms with Crippen LogP contribution in [-0.4, -0.2) is 37.5 Å². The fourth-order valence-corrected chi connectivity index (χ4v) is 6.41. The minimum absolute atomic E-state index is 0.0335. The molecule has 1 aliphatic rings. The fraction of sp³-hybridized carbons (Fsp3) is 0.583. The molecule has 1 unspecified atom stereocenters. The second-order valence-electron chi connectivity index (χ2n) is 8.82. The zero-order valence-corrected chi connectivity index (χ0v) is 20.2. The Bertz CT molecular complexity index is 971. The Labute approximate surface area is 182 Å². The van der Waals surface area contributed by atoms with Crippen molar-refractivity contribution in [1.29, 1.82) is 0 Å². The summed E-state index contributed by atoms with van der Waals surface area (Å²) in [5, 5.41) is 0. The molecule has 0 amide bonds. The second kappa shape index (κ2) is 9.25. The Kier molecular flexibility index (Phi) is 7.10. The molecular weight excluding hydrogens is 394 g/mol. The van der Waals surface area contributed by atoms with Crippen molar-refractivity contribution in [3.63, 3.8) is 0 Å². The van der Waals surface area contributed by atoms with Crippen LogP contribution >= 0.6 is 0 Å². The quantitative estimate of drug-likeness (QED) is 0.734. The van der Waals surface area contributed by atoms with Crippen LogP contribution in [0.3, 0.4) is 0 Å². The average molecular weight is 432 g/mol. The number of hydrogen-bond acceptors (Lipinski definition) is 3. The molecule has 0 saturated carbocycles. The molecule has 2 heterocycles. The molecular formula is C24H37N3O2S. The number of sulfonamides is 1. The predicted octanol–water partition coefficient (Wildman–Crippen LogP) is 4.46. The minimum atomic E-state index is -3.62. The summed E-state index contributed by atoms with van der Waals surface area (Å²) < 4.78 is 32.0. The van der Waals surface area contributed by atoms with E-state index >= 15 is 0 Å². The van der Waals surface area contributed by atoms with E-state index in [1.54, 1.807) is 0 Å². The maximum atomic E-state index is 13.5. The molecule has 1 aromatic carbocycles. The van der Waals surface area contributed by atoms with E-state index in [2.05, 4.69) is 27.2 Å². The van der Waals surface area contributed by atoms with Gasteiger partial charge in [0.1, 0.15) is 0 Å². The Balaban J connectivity index is 1.93. The van der Waals surface area contributed by atoms with E-state index in [0.29, 0.717) is 11.4 Å². The lowest BCUT2D eigenvalue weighted by molar-refractivity contribution is 0.199. The fourth-order valence-electron chi connectivity index (χ4n) is 4.78. The lowest BCUT2D eigenvalue weighted by Gasteiger charge is -2.31. The summed E-state index contributed by atoms with van der Waals surface area (Å²) >= 11 is 0. The second-order valence-corrected chi connectivity index (χ2v) is 10.5. The van der Waals surface area contributed by atoms with Crippen molar-refractivity contribution in [2.24, 2.45) is 7.05 Å². The normalized spacial score (nSPS) is 17.1. The van der Waals surface area contributed by atoms with Crippen molar-refractivity contribution in [3.8, 4) is 0 Å². The topological polar surface area (TPSA) is 54.3 Å². The Morgan fingerprint density at radius 3 is 1.93 bits per heavy atom. The summed E-state index contributed by atoms with van der Waals surface area (Å²) in [4.78, 5) is 2.90. The SMILES string of the molecule is Cc1c(C)c(C)c(S(=O)(=O)NCC(c2cccn2C)N2CCCCCC2)c(C)c1C. The summed E-state index contributed by atoms with van der Waals surface area (Å²) in [5.74, 6) is 0. The molecule has 166 valence electrons.